The minimum absolute atomic E-state index is 0. The molecule has 5 atom stereocenters. The molecular weight excluding hydrogens is 1130 g/mol. The average Bonchev–Trinajstić information content (AvgIpc) is 3.55. The van der Waals surface area contributed by atoms with Crippen LogP contribution in [0.1, 0.15) is 193 Å². The number of alkyl halides is 3. The molecule has 0 heterocycles. The summed E-state index contributed by atoms with van der Waals surface area (Å²) in [5.74, 6) is 4.69. The molecule has 446 valence electrons. The Bertz CT molecular complexity index is 2480. The number of rotatable bonds is 28. The molecule has 0 aromatic heterocycles. The molecule has 6 aromatic carbocycles. The molecule has 0 amide bonds. The molecule has 0 saturated carbocycles. The van der Waals surface area contributed by atoms with Gasteiger partial charge in [0.05, 0.1) is 39.2 Å². The molecule has 0 fully saturated rings. The first kappa shape index (κ1) is 78.8. The summed E-state index contributed by atoms with van der Waals surface area (Å²) in [5, 5.41) is 0. The summed E-state index contributed by atoms with van der Waals surface area (Å²) < 4.78 is 44.6. The summed E-state index contributed by atoms with van der Waals surface area (Å²) in [6, 6.07) is 55.3. The Kier molecular flexibility index (Phi) is 47.0. The molecule has 0 spiro atoms. The van der Waals surface area contributed by atoms with Gasteiger partial charge in [0.25, 0.3) is 0 Å². The van der Waals surface area contributed by atoms with E-state index in [-0.39, 0.29) is 8.41 Å². The Labute approximate surface area is 524 Å². The van der Waals surface area contributed by atoms with Gasteiger partial charge in [0.2, 0.25) is 0 Å². The zero-order valence-electron chi connectivity index (χ0n) is 51.2. The Morgan fingerprint density at radius 3 is 1.07 bits per heavy atom. The summed E-state index contributed by atoms with van der Waals surface area (Å²) in [4.78, 5) is 0. The number of nitrogens with one attached hydrogen (secondary N) is 1. The van der Waals surface area contributed by atoms with Gasteiger partial charge >= 0.3 is 36.6 Å². The van der Waals surface area contributed by atoms with Crippen LogP contribution >= 0.6 is 51.0 Å². The van der Waals surface area contributed by atoms with Crippen LogP contribution in [0.3, 0.4) is 0 Å². The quantitative estimate of drug-likeness (QED) is 0.0299. The van der Waals surface area contributed by atoms with Gasteiger partial charge in [0.15, 0.2) is 0 Å². The zero-order chi connectivity index (χ0) is 60.3. The molecule has 0 bridgehead atoms. The molecular formula is C68H96AlBCl3NO6P2. The molecule has 0 aliphatic carbocycles. The molecule has 14 heteroatoms. The van der Waals surface area contributed by atoms with E-state index in [2.05, 4.69) is 182 Å². The molecule has 1 N–H and O–H groups in total. The molecule has 6 rings (SSSR count). The van der Waals surface area contributed by atoms with Crippen LogP contribution in [0, 0.1) is 4.35 Å². The van der Waals surface area contributed by atoms with Crippen molar-refractivity contribution in [1.82, 2.24) is 0 Å². The normalized spacial score (nSPS) is 12.4. The Morgan fingerprint density at radius 2 is 0.780 bits per heavy atom. The molecule has 6 aromatic rings. The maximum atomic E-state index is 12.7. The van der Waals surface area contributed by atoms with Gasteiger partial charge in [-0.05, 0) is 152 Å². The Hall–Kier alpha value is -3.21. The van der Waals surface area contributed by atoms with Gasteiger partial charge < -0.3 is 22.6 Å². The minimum atomic E-state index is -3.05. The van der Waals surface area contributed by atoms with Crippen molar-refractivity contribution in [3.63, 3.8) is 0 Å². The van der Waals surface area contributed by atoms with Crippen molar-refractivity contribution < 1.29 is 27.2 Å². The molecule has 4 radical (unpaired) electrons. The van der Waals surface area contributed by atoms with Crippen LogP contribution < -0.4 is 0 Å². The summed E-state index contributed by atoms with van der Waals surface area (Å²) in [5.41, 5.74) is 12.7. The first-order chi connectivity index (χ1) is 39.2. The van der Waals surface area contributed by atoms with Crippen molar-refractivity contribution in [1.29, 1.82) is 4.35 Å². The molecule has 7 nitrogen and oxygen atoms in total. The fourth-order valence-corrected chi connectivity index (χ4v) is 11.7. The van der Waals surface area contributed by atoms with Gasteiger partial charge in [-0.25, -0.2) is 0 Å². The Balaban J connectivity index is 0.00000105. The van der Waals surface area contributed by atoms with E-state index in [1.54, 1.807) is 16.1 Å². The second-order valence-electron chi connectivity index (χ2n) is 19.3. The average molecular weight is 1230 g/mol. The molecule has 0 saturated heterocycles. The summed E-state index contributed by atoms with van der Waals surface area (Å²) in [7, 11) is -4.11. The third-order valence-corrected chi connectivity index (χ3v) is 17.9. The van der Waals surface area contributed by atoms with Gasteiger partial charge in [-0.15, -0.1) is 34.8 Å². The third kappa shape index (κ3) is 32.3. The van der Waals surface area contributed by atoms with Gasteiger partial charge in [-0.2, -0.15) is 0 Å². The van der Waals surface area contributed by atoms with Gasteiger partial charge in [0, 0.05) is 26.1 Å². The van der Waals surface area contributed by atoms with Crippen LogP contribution in [-0.4, -0.2) is 57.5 Å². The summed E-state index contributed by atoms with van der Waals surface area (Å²) in [6.45, 7) is 29.4. The van der Waals surface area contributed by atoms with E-state index in [1.165, 1.54) is 58.2 Å². The van der Waals surface area contributed by atoms with Crippen LogP contribution in [0.25, 0.3) is 6.08 Å². The SMILES string of the molecule is C=Cc1ccc(CCl)cc1.CCC(C)c1ccc(CCl)cc1.CCC(CC(C)c1ccccc1)c1ccc(CCl)cc1.CCOP(=O)(Cc1ccc(C(CC)CC(C)c2ccccc2)cc1)OCC.CCOP(OCC)OCC.[B].[NH]=[Al]. The number of halogens is 3. The van der Waals surface area contributed by atoms with Crippen molar-refractivity contribution in [2.24, 2.45) is 0 Å². The van der Waals surface area contributed by atoms with Crippen LogP contribution in [-0.2, 0) is 51.0 Å². The van der Waals surface area contributed by atoms with E-state index in [1.807, 2.05) is 65.0 Å². The Morgan fingerprint density at radius 1 is 0.463 bits per heavy atom. The number of hydrogen-bond acceptors (Lipinski definition) is 7. The van der Waals surface area contributed by atoms with Crippen molar-refractivity contribution >= 4 is 81.6 Å². The fraction of sp³-hybridized carbons (Fsp3) is 0.441. The number of benzene rings is 6. The summed E-state index contributed by atoms with van der Waals surface area (Å²) in [6.07, 6.45) is 7.94. The predicted octanol–water partition coefficient (Wildman–Crippen LogP) is 22.1. The molecule has 0 aliphatic heterocycles. The first-order valence-corrected chi connectivity index (χ1v) is 33.9. The van der Waals surface area contributed by atoms with Crippen molar-refractivity contribution in [2.45, 2.75) is 162 Å². The van der Waals surface area contributed by atoms with Gasteiger partial charge in [0.1, 0.15) is 0 Å². The van der Waals surface area contributed by atoms with Crippen molar-refractivity contribution in [3.8, 4) is 0 Å². The fourth-order valence-electron chi connectivity index (χ4n) is 8.63. The molecule has 82 heavy (non-hydrogen) atoms. The van der Waals surface area contributed by atoms with E-state index in [0.29, 0.717) is 86.4 Å². The topological polar surface area (TPSA) is 87.1 Å². The van der Waals surface area contributed by atoms with Gasteiger partial charge in [-0.1, -0.05) is 212 Å². The monoisotopic (exact) mass is 1230 g/mol. The van der Waals surface area contributed by atoms with E-state index >= 15 is 0 Å². The zero-order valence-corrected chi connectivity index (χ0v) is 56.4. The second-order valence-corrected chi connectivity index (χ2v) is 23.3. The maximum absolute atomic E-state index is 12.7. The van der Waals surface area contributed by atoms with Crippen molar-refractivity contribution in [3.05, 3.63) is 220 Å². The van der Waals surface area contributed by atoms with Gasteiger partial charge in [-0.3, -0.25) is 4.57 Å². The van der Waals surface area contributed by atoms with Crippen molar-refractivity contribution in [2.75, 3.05) is 33.0 Å². The van der Waals surface area contributed by atoms with E-state index < -0.39 is 16.2 Å². The summed E-state index contributed by atoms with van der Waals surface area (Å²) >= 11 is 18.8. The van der Waals surface area contributed by atoms with E-state index in [4.69, 9.17) is 61.8 Å². The van der Waals surface area contributed by atoms with Crippen LogP contribution in [0.5, 0.6) is 0 Å². The van der Waals surface area contributed by atoms with Crippen LogP contribution in [0.2, 0.25) is 0 Å². The molecule has 5 unspecified atom stereocenters. The molecule has 0 aliphatic rings. The van der Waals surface area contributed by atoms with Crippen LogP contribution in [0.15, 0.2) is 164 Å². The standard InChI is InChI=1S/C23H33O3P.C19H23Cl.C11H15Cl.C9H9Cl.C6H15O3P.Al.B.HN/c1-5-21(17-19(4)22-11-9-8-10-12-22)23-15-13-20(14-16-23)18-27(24,25-6-2)26-7-3;1-3-17(19-11-9-16(14-20)10-12-19)13-15(2)18-7-5-4-6-8-18;1-3-9(2)11-6-4-10(8-12)5-7-11;1-2-8-3-5-9(7-10)6-4-8;1-4-7-10(8-5-2)9-6-3;;;/h8-16,19,21H,5-7,17-18H2,1-4H3;4-12,15,17H,3,13-14H2,1-2H3;4-7,9H,3,8H2,1-2H3;2-6H,1,7H2;4-6H2,1-3H3;;;1H. The predicted molar refractivity (Wildman–Crippen MR) is 359 cm³/mol. The third-order valence-electron chi connectivity index (χ3n) is 13.5. The second kappa shape index (κ2) is 49.0. The van der Waals surface area contributed by atoms with Crippen LogP contribution in [0.4, 0.5) is 0 Å². The van der Waals surface area contributed by atoms with E-state index in [0.717, 1.165) is 29.5 Å². The number of hydrogen-bond donors (Lipinski definition) is 1. The van der Waals surface area contributed by atoms with E-state index in [9.17, 15) is 4.57 Å². The first-order valence-electron chi connectivity index (χ1n) is 28.9.